The van der Waals surface area contributed by atoms with E-state index in [0.717, 1.165) is 6.54 Å². The molecule has 0 spiro atoms. The zero-order chi connectivity index (χ0) is 12.8. The van der Waals surface area contributed by atoms with E-state index in [-0.39, 0.29) is 5.82 Å². The fourth-order valence-corrected chi connectivity index (χ4v) is 2.26. The maximum atomic E-state index is 13.6. The van der Waals surface area contributed by atoms with Gasteiger partial charge in [-0.15, -0.1) is 11.3 Å². The number of ether oxygens (including phenoxy) is 1. The summed E-state index contributed by atoms with van der Waals surface area (Å²) < 4.78 is 19.0. The largest absolute Gasteiger partial charge is 0.489 e. The summed E-state index contributed by atoms with van der Waals surface area (Å²) in [6.45, 7) is 3.73. The number of halogens is 1. The quantitative estimate of drug-likeness (QED) is 0.809. The average molecular weight is 265 g/mol. The Bertz CT molecular complexity index is 485. The number of benzene rings is 1. The lowest BCUT2D eigenvalue weighted by Crippen LogP contribution is -2.20. The summed E-state index contributed by atoms with van der Waals surface area (Å²) >= 11 is 1.72. The highest BCUT2D eigenvalue weighted by Crippen LogP contribution is 2.19. The maximum Gasteiger partial charge on any atom is 0.167 e. The van der Waals surface area contributed by atoms with Crippen LogP contribution in [0.15, 0.2) is 35.7 Å². The van der Waals surface area contributed by atoms with Crippen LogP contribution in [0.1, 0.15) is 10.4 Å². The van der Waals surface area contributed by atoms with Crippen molar-refractivity contribution in [2.24, 2.45) is 0 Å². The van der Waals surface area contributed by atoms with Gasteiger partial charge in [0.1, 0.15) is 6.61 Å². The molecule has 0 aliphatic carbocycles. The molecule has 1 aromatic heterocycles. The lowest BCUT2D eigenvalue weighted by atomic mass is 10.2. The highest BCUT2D eigenvalue weighted by Gasteiger charge is 2.04. The second-order valence-electron chi connectivity index (χ2n) is 3.99. The molecule has 1 aromatic carbocycles. The highest BCUT2D eigenvalue weighted by molar-refractivity contribution is 7.09. The first-order valence-corrected chi connectivity index (χ1v) is 6.76. The minimum absolute atomic E-state index is 0.268. The van der Waals surface area contributed by atoms with Crippen LogP contribution in [0.3, 0.4) is 0 Å². The molecule has 2 aromatic rings. The standard InChI is InChI=1S/C14H16FNOS/c1-11-4-2-6-13(14(11)15)17-8-7-16-10-12-5-3-9-18-12/h2-6,9,16H,7-8,10H2,1H3. The van der Waals surface area contributed by atoms with Crippen LogP contribution in [0.2, 0.25) is 0 Å². The van der Waals surface area contributed by atoms with Crippen LogP contribution in [0.4, 0.5) is 4.39 Å². The van der Waals surface area contributed by atoms with E-state index < -0.39 is 0 Å². The van der Waals surface area contributed by atoms with Gasteiger partial charge in [-0.1, -0.05) is 18.2 Å². The zero-order valence-corrected chi connectivity index (χ0v) is 11.1. The average Bonchev–Trinajstić information content (AvgIpc) is 2.87. The molecule has 18 heavy (non-hydrogen) atoms. The molecule has 2 rings (SSSR count). The summed E-state index contributed by atoms with van der Waals surface area (Å²) in [5.74, 6) is 0.0590. The minimum atomic E-state index is -0.268. The molecule has 4 heteroatoms. The van der Waals surface area contributed by atoms with Crippen LogP contribution in [-0.2, 0) is 6.54 Å². The van der Waals surface area contributed by atoms with E-state index >= 15 is 0 Å². The van der Waals surface area contributed by atoms with E-state index in [2.05, 4.69) is 16.8 Å². The number of hydrogen-bond acceptors (Lipinski definition) is 3. The van der Waals surface area contributed by atoms with Gasteiger partial charge in [-0.2, -0.15) is 0 Å². The van der Waals surface area contributed by atoms with Gasteiger partial charge in [0.2, 0.25) is 0 Å². The van der Waals surface area contributed by atoms with Crippen LogP contribution < -0.4 is 10.1 Å². The Balaban J connectivity index is 1.70. The Morgan fingerprint density at radius 1 is 1.28 bits per heavy atom. The molecule has 0 amide bonds. The topological polar surface area (TPSA) is 21.3 Å². The summed E-state index contributed by atoms with van der Waals surface area (Å²) in [4.78, 5) is 1.29. The molecule has 96 valence electrons. The first-order chi connectivity index (χ1) is 8.77. The second kappa shape index (κ2) is 6.52. The van der Waals surface area contributed by atoms with Crippen molar-refractivity contribution in [1.82, 2.24) is 5.32 Å². The molecule has 0 aliphatic rings. The third kappa shape index (κ3) is 3.55. The Hall–Kier alpha value is -1.39. The van der Waals surface area contributed by atoms with E-state index in [9.17, 15) is 4.39 Å². The molecule has 0 bridgehead atoms. The smallest absolute Gasteiger partial charge is 0.167 e. The molecule has 0 radical (unpaired) electrons. The van der Waals surface area contributed by atoms with E-state index in [1.54, 1.807) is 36.5 Å². The van der Waals surface area contributed by atoms with Gasteiger partial charge in [-0.05, 0) is 30.0 Å². The van der Waals surface area contributed by atoms with Crippen LogP contribution in [0.5, 0.6) is 5.75 Å². The molecule has 0 unspecified atom stereocenters. The van der Waals surface area contributed by atoms with Gasteiger partial charge in [0, 0.05) is 18.0 Å². The van der Waals surface area contributed by atoms with Crippen molar-refractivity contribution in [2.75, 3.05) is 13.2 Å². The molecule has 1 N–H and O–H groups in total. The monoisotopic (exact) mass is 265 g/mol. The van der Waals surface area contributed by atoms with Crippen LogP contribution >= 0.6 is 11.3 Å². The first-order valence-electron chi connectivity index (χ1n) is 5.88. The summed E-state index contributed by atoms with van der Waals surface area (Å²) in [5.41, 5.74) is 0.610. The van der Waals surface area contributed by atoms with E-state index in [0.29, 0.717) is 24.5 Å². The predicted octanol–water partition coefficient (Wildman–Crippen LogP) is 3.36. The summed E-state index contributed by atoms with van der Waals surface area (Å²) in [6.07, 6.45) is 0. The number of hydrogen-bond donors (Lipinski definition) is 1. The molecule has 0 saturated carbocycles. The Morgan fingerprint density at radius 2 is 2.17 bits per heavy atom. The van der Waals surface area contributed by atoms with Gasteiger partial charge in [-0.25, -0.2) is 4.39 Å². The van der Waals surface area contributed by atoms with Crippen molar-refractivity contribution >= 4 is 11.3 Å². The summed E-state index contributed by atoms with van der Waals surface area (Å²) in [5, 5.41) is 5.31. The van der Waals surface area contributed by atoms with Crippen LogP contribution in [0, 0.1) is 12.7 Å². The number of thiophene rings is 1. The molecule has 0 saturated heterocycles. The Labute approximate surface area is 110 Å². The van der Waals surface area contributed by atoms with Gasteiger partial charge in [0.15, 0.2) is 11.6 Å². The Kier molecular flexibility index (Phi) is 4.73. The van der Waals surface area contributed by atoms with Crippen molar-refractivity contribution in [3.05, 3.63) is 52.0 Å². The highest BCUT2D eigenvalue weighted by atomic mass is 32.1. The van der Waals surface area contributed by atoms with Crippen molar-refractivity contribution < 1.29 is 9.13 Å². The van der Waals surface area contributed by atoms with E-state index in [1.807, 2.05) is 6.07 Å². The maximum absolute atomic E-state index is 13.6. The Morgan fingerprint density at radius 3 is 2.94 bits per heavy atom. The zero-order valence-electron chi connectivity index (χ0n) is 10.3. The van der Waals surface area contributed by atoms with Crippen LogP contribution in [-0.4, -0.2) is 13.2 Å². The number of aryl methyl sites for hydroxylation is 1. The minimum Gasteiger partial charge on any atom is -0.489 e. The lowest BCUT2D eigenvalue weighted by molar-refractivity contribution is 0.298. The molecule has 0 aliphatic heterocycles. The van der Waals surface area contributed by atoms with Gasteiger partial charge < -0.3 is 10.1 Å². The predicted molar refractivity (Wildman–Crippen MR) is 72.7 cm³/mol. The van der Waals surface area contributed by atoms with Crippen molar-refractivity contribution in [1.29, 1.82) is 0 Å². The van der Waals surface area contributed by atoms with Gasteiger partial charge in [0.25, 0.3) is 0 Å². The third-order valence-electron chi connectivity index (χ3n) is 2.57. The van der Waals surface area contributed by atoms with E-state index in [1.165, 1.54) is 4.88 Å². The van der Waals surface area contributed by atoms with Gasteiger partial charge in [-0.3, -0.25) is 0 Å². The molecule has 2 nitrogen and oxygen atoms in total. The second-order valence-corrected chi connectivity index (χ2v) is 5.02. The normalized spacial score (nSPS) is 10.6. The van der Waals surface area contributed by atoms with Crippen LogP contribution in [0.25, 0.3) is 0 Å². The first kappa shape index (κ1) is 13.1. The number of rotatable bonds is 6. The fraction of sp³-hybridized carbons (Fsp3) is 0.286. The van der Waals surface area contributed by atoms with Gasteiger partial charge >= 0.3 is 0 Å². The summed E-state index contributed by atoms with van der Waals surface area (Å²) in [7, 11) is 0. The SMILES string of the molecule is Cc1cccc(OCCNCc2cccs2)c1F. The molecule has 0 atom stereocenters. The van der Waals surface area contributed by atoms with Crippen molar-refractivity contribution in [3.8, 4) is 5.75 Å². The fourth-order valence-electron chi connectivity index (χ4n) is 1.59. The molecule has 0 fully saturated rings. The van der Waals surface area contributed by atoms with Crippen molar-refractivity contribution in [2.45, 2.75) is 13.5 Å². The molecular formula is C14H16FNOS. The molecule has 1 heterocycles. The lowest BCUT2D eigenvalue weighted by Gasteiger charge is -2.09. The third-order valence-corrected chi connectivity index (χ3v) is 3.45. The van der Waals surface area contributed by atoms with Crippen molar-refractivity contribution in [3.63, 3.8) is 0 Å². The van der Waals surface area contributed by atoms with E-state index in [4.69, 9.17) is 4.74 Å². The number of nitrogens with one attached hydrogen (secondary N) is 1. The van der Waals surface area contributed by atoms with Gasteiger partial charge in [0.05, 0.1) is 0 Å². The molecular weight excluding hydrogens is 249 g/mol. The summed E-state index contributed by atoms with van der Waals surface area (Å²) in [6, 6.07) is 9.30.